The quantitative estimate of drug-likeness (QED) is 0.842. The number of benzene rings is 1. The van der Waals surface area contributed by atoms with Gasteiger partial charge in [-0.25, -0.2) is 9.37 Å². The normalized spacial score (nSPS) is 10.8. The van der Waals surface area contributed by atoms with E-state index >= 15 is 0 Å². The SMILES string of the molecule is CCCNCc1coc(-c2ccc(Cl)cc2F)n1. The van der Waals surface area contributed by atoms with Gasteiger partial charge in [0, 0.05) is 11.6 Å². The van der Waals surface area contributed by atoms with Gasteiger partial charge in [-0.05, 0) is 31.2 Å². The van der Waals surface area contributed by atoms with E-state index < -0.39 is 5.82 Å². The van der Waals surface area contributed by atoms with Crippen LogP contribution in [0.2, 0.25) is 5.02 Å². The van der Waals surface area contributed by atoms with Crippen LogP contribution in [-0.2, 0) is 6.54 Å². The van der Waals surface area contributed by atoms with Crippen LogP contribution in [0.3, 0.4) is 0 Å². The molecule has 96 valence electrons. The maximum absolute atomic E-state index is 13.7. The Morgan fingerprint density at radius 1 is 1.44 bits per heavy atom. The Hall–Kier alpha value is -1.39. The molecule has 1 N–H and O–H groups in total. The molecule has 0 atom stereocenters. The Balaban J connectivity index is 2.13. The summed E-state index contributed by atoms with van der Waals surface area (Å²) in [6.07, 6.45) is 2.59. The lowest BCUT2D eigenvalue weighted by Crippen LogP contribution is -2.13. The molecule has 18 heavy (non-hydrogen) atoms. The molecule has 0 radical (unpaired) electrons. The molecule has 1 heterocycles. The number of nitrogens with zero attached hydrogens (tertiary/aromatic N) is 1. The molecule has 2 rings (SSSR count). The number of rotatable bonds is 5. The highest BCUT2D eigenvalue weighted by molar-refractivity contribution is 6.30. The summed E-state index contributed by atoms with van der Waals surface area (Å²) in [5.74, 6) is -0.158. The van der Waals surface area contributed by atoms with Crippen molar-refractivity contribution >= 4 is 11.6 Å². The van der Waals surface area contributed by atoms with Crippen LogP contribution in [0.4, 0.5) is 4.39 Å². The first-order valence-electron chi connectivity index (χ1n) is 5.81. The van der Waals surface area contributed by atoms with Gasteiger partial charge in [0.05, 0.1) is 11.3 Å². The Kier molecular flexibility index (Phi) is 4.33. The highest BCUT2D eigenvalue weighted by Gasteiger charge is 2.11. The zero-order valence-electron chi connectivity index (χ0n) is 10.0. The van der Waals surface area contributed by atoms with Crippen molar-refractivity contribution in [3.63, 3.8) is 0 Å². The fourth-order valence-electron chi connectivity index (χ4n) is 1.57. The maximum Gasteiger partial charge on any atom is 0.229 e. The fraction of sp³-hybridized carbons (Fsp3) is 0.308. The lowest BCUT2D eigenvalue weighted by atomic mass is 10.2. The topological polar surface area (TPSA) is 38.1 Å². The van der Waals surface area contributed by atoms with Crippen LogP contribution in [0.25, 0.3) is 11.5 Å². The van der Waals surface area contributed by atoms with E-state index in [1.807, 2.05) is 0 Å². The van der Waals surface area contributed by atoms with Crippen molar-refractivity contribution in [3.8, 4) is 11.5 Å². The lowest BCUT2D eigenvalue weighted by Gasteiger charge is -1.99. The molecule has 1 aromatic carbocycles. The van der Waals surface area contributed by atoms with Crippen molar-refractivity contribution < 1.29 is 8.81 Å². The predicted octanol–water partition coefficient (Wildman–Crippen LogP) is 3.63. The average Bonchev–Trinajstić information content (AvgIpc) is 2.78. The Bertz CT molecular complexity index is 527. The number of oxazole rings is 1. The van der Waals surface area contributed by atoms with Gasteiger partial charge < -0.3 is 9.73 Å². The Morgan fingerprint density at radius 2 is 2.28 bits per heavy atom. The highest BCUT2D eigenvalue weighted by Crippen LogP contribution is 2.24. The number of aromatic nitrogens is 1. The molecule has 0 bridgehead atoms. The monoisotopic (exact) mass is 268 g/mol. The minimum atomic E-state index is -0.433. The minimum absolute atomic E-state index is 0.275. The van der Waals surface area contributed by atoms with Crippen LogP contribution in [-0.4, -0.2) is 11.5 Å². The highest BCUT2D eigenvalue weighted by atomic mass is 35.5. The first-order valence-corrected chi connectivity index (χ1v) is 6.19. The molecule has 3 nitrogen and oxygen atoms in total. The summed E-state index contributed by atoms with van der Waals surface area (Å²) < 4.78 is 18.9. The van der Waals surface area contributed by atoms with E-state index in [1.54, 1.807) is 12.1 Å². The molecule has 0 amide bonds. The lowest BCUT2D eigenvalue weighted by molar-refractivity contribution is 0.559. The van der Waals surface area contributed by atoms with E-state index in [-0.39, 0.29) is 5.89 Å². The molecule has 0 aliphatic heterocycles. The number of halogens is 2. The second-order valence-corrected chi connectivity index (χ2v) is 4.38. The molecule has 0 fully saturated rings. The van der Waals surface area contributed by atoms with Crippen LogP contribution in [0.1, 0.15) is 19.0 Å². The molecule has 0 aliphatic carbocycles. The number of hydrogen-bond acceptors (Lipinski definition) is 3. The molecule has 0 saturated heterocycles. The summed E-state index contributed by atoms with van der Waals surface area (Å²) in [6.45, 7) is 3.62. The predicted molar refractivity (Wildman–Crippen MR) is 68.9 cm³/mol. The van der Waals surface area contributed by atoms with Crippen LogP contribution in [0.5, 0.6) is 0 Å². The summed E-state index contributed by atoms with van der Waals surface area (Å²) in [5, 5.41) is 3.56. The Labute approximate surface area is 110 Å². The second kappa shape index (κ2) is 5.98. The smallest absolute Gasteiger partial charge is 0.229 e. The first-order chi connectivity index (χ1) is 8.70. The van der Waals surface area contributed by atoms with Crippen LogP contribution in [0.15, 0.2) is 28.9 Å². The summed E-state index contributed by atoms with van der Waals surface area (Å²) in [7, 11) is 0. The summed E-state index contributed by atoms with van der Waals surface area (Å²) >= 11 is 5.69. The third kappa shape index (κ3) is 3.09. The summed E-state index contributed by atoms with van der Waals surface area (Å²) in [4.78, 5) is 4.23. The Morgan fingerprint density at radius 3 is 3.00 bits per heavy atom. The van der Waals surface area contributed by atoms with Gasteiger partial charge >= 0.3 is 0 Å². The van der Waals surface area contributed by atoms with Crippen molar-refractivity contribution in [3.05, 3.63) is 41.0 Å². The number of nitrogens with one attached hydrogen (secondary N) is 1. The van der Waals surface area contributed by atoms with Crippen LogP contribution >= 0.6 is 11.6 Å². The number of hydrogen-bond donors (Lipinski definition) is 1. The van der Waals surface area contributed by atoms with Crippen molar-refractivity contribution in [2.24, 2.45) is 0 Å². The molecule has 0 spiro atoms. The van der Waals surface area contributed by atoms with E-state index in [0.29, 0.717) is 17.1 Å². The molecular weight excluding hydrogens is 255 g/mol. The molecule has 0 unspecified atom stereocenters. The third-order valence-corrected chi connectivity index (χ3v) is 2.68. The fourth-order valence-corrected chi connectivity index (χ4v) is 1.73. The summed E-state index contributed by atoms with van der Waals surface area (Å²) in [5.41, 5.74) is 1.08. The van der Waals surface area contributed by atoms with Crippen molar-refractivity contribution in [1.29, 1.82) is 0 Å². The van der Waals surface area contributed by atoms with E-state index in [0.717, 1.165) is 18.7 Å². The van der Waals surface area contributed by atoms with Crippen molar-refractivity contribution in [2.45, 2.75) is 19.9 Å². The molecule has 2 aromatic rings. The maximum atomic E-state index is 13.7. The molecule has 1 aromatic heterocycles. The van der Waals surface area contributed by atoms with Gasteiger partial charge in [-0.2, -0.15) is 0 Å². The largest absolute Gasteiger partial charge is 0.444 e. The van der Waals surface area contributed by atoms with Gasteiger partial charge in [0.2, 0.25) is 5.89 Å². The third-order valence-electron chi connectivity index (χ3n) is 2.45. The summed E-state index contributed by atoms with van der Waals surface area (Å²) in [6, 6.07) is 4.42. The van der Waals surface area contributed by atoms with Crippen molar-refractivity contribution in [2.75, 3.05) is 6.54 Å². The van der Waals surface area contributed by atoms with E-state index in [2.05, 4.69) is 17.2 Å². The van der Waals surface area contributed by atoms with Crippen molar-refractivity contribution in [1.82, 2.24) is 10.3 Å². The van der Waals surface area contributed by atoms with Crippen LogP contribution in [0, 0.1) is 5.82 Å². The zero-order chi connectivity index (χ0) is 13.0. The van der Waals surface area contributed by atoms with Gasteiger partial charge in [-0.1, -0.05) is 18.5 Å². The van der Waals surface area contributed by atoms with Gasteiger partial charge in [0.1, 0.15) is 12.1 Å². The van der Waals surface area contributed by atoms with Crippen LogP contribution < -0.4 is 5.32 Å². The van der Waals surface area contributed by atoms with E-state index in [9.17, 15) is 4.39 Å². The first kappa shape index (κ1) is 13.1. The van der Waals surface area contributed by atoms with Gasteiger partial charge in [0.25, 0.3) is 0 Å². The minimum Gasteiger partial charge on any atom is -0.444 e. The van der Waals surface area contributed by atoms with E-state index in [1.165, 1.54) is 12.3 Å². The van der Waals surface area contributed by atoms with Gasteiger partial charge in [0.15, 0.2) is 0 Å². The van der Waals surface area contributed by atoms with Gasteiger partial charge in [-0.3, -0.25) is 0 Å². The molecule has 0 aliphatic rings. The van der Waals surface area contributed by atoms with Gasteiger partial charge in [-0.15, -0.1) is 0 Å². The standard InChI is InChI=1S/C13H14ClFN2O/c1-2-5-16-7-10-8-18-13(17-10)11-4-3-9(14)6-12(11)15/h3-4,6,8,16H,2,5,7H2,1H3. The zero-order valence-corrected chi connectivity index (χ0v) is 10.8. The molecular formula is C13H14ClFN2O. The average molecular weight is 269 g/mol. The second-order valence-electron chi connectivity index (χ2n) is 3.94. The molecule has 0 saturated carbocycles. The van der Waals surface area contributed by atoms with E-state index in [4.69, 9.17) is 16.0 Å². The molecule has 5 heteroatoms.